The summed E-state index contributed by atoms with van der Waals surface area (Å²) >= 11 is 5.67. The van der Waals surface area contributed by atoms with E-state index < -0.39 is 0 Å². The number of aromatic nitrogens is 2. The van der Waals surface area contributed by atoms with Crippen LogP contribution in [0.5, 0.6) is 0 Å². The molecule has 3 rings (SSSR count). The van der Waals surface area contributed by atoms with Crippen molar-refractivity contribution in [1.29, 1.82) is 0 Å². The van der Waals surface area contributed by atoms with Crippen LogP contribution in [0.4, 0.5) is 5.88 Å². The topological polar surface area (TPSA) is 68.0 Å². The van der Waals surface area contributed by atoms with Crippen molar-refractivity contribution in [2.45, 2.75) is 25.2 Å². The maximum atomic E-state index is 11.9. The van der Waals surface area contributed by atoms with E-state index in [0.29, 0.717) is 16.6 Å². The van der Waals surface area contributed by atoms with E-state index in [4.69, 9.17) is 16.1 Å². The van der Waals surface area contributed by atoms with Crippen molar-refractivity contribution in [2.24, 2.45) is 0 Å². The van der Waals surface area contributed by atoms with Gasteiger partial charge in [0.25, 0.3) is 5.91 Å². The Hall–Kier alpha value is -1.88. The number of carbonyl (C=O) groups is 1. The molecule has 5 nitrogen and oxygen atoms in total. The molecule has 0 aromatic carbocycles. The Labute approximate surface area is 115 Å². The molecule has 1 fully saturated rings. The maximum Gasteiger partial charge on any atom is 0.259 e. The molecule has 0 spiro atoms. The summed E-state index contributed by atoms with van der Waals surface area (Å²) in [7, 11) is 0. The number of nitrogens with one attached hydrogen (secondary N) is 1. The van der Waals surface area contributed by atoms with Crippen LogP contribution in [0.2, 0.25) is 5.15 Å². The number of nitrogens with zero attached hydrogens (tertiary/aromatic N) is 2. The number of hydrogen-bond acceptors (Lipinski definition) is 4. The normalized spacial score (nSPS) is 16.1. The molecular formula is C13H12ClN3O2. The number of rotatable bonds is 3. The summed E-state index contributed by atoms with van der Waals surface area (Å²) in [6, 6.07) is 4.94. The number of hydrogen-bond donors (Lipinski definition) is 1. The first-order valence-corrected chi connectivity index (χ1v) is 6.35. The third-order valence-electron chi connectivity index (χ3n) is 3.35. The van der Waals surface area contributed by atoms with Gasteiger partial charge in [-0.05, 0) is 25.0 Å². The highest BCUT2D eigenvalue weighted by Gasteiger charge is 2.42. The molecule has 2 aromatic heterocycles. The molecule has 0 bridgehead atoms. The van der Waals surface area contributed by atoms with Gasteiger partial charge in [-0.3, -0.25) is 10.1 Å². The van der Waals surface area contributed by atoms with Crippen molar-refractivity contribution in [3.63, 3.8) is 0 Å². The highest BCUT2D eigenvalue weighted by Crippen LogP contribution is 2.47. The van der Waals surface area contributed by atoms with E-state index in [1.54, 1.807) is 18.2 Å². The summed E-state index contributed by atoms with van der Waals surface area (Å²) < 4.78 is 5.12. The molecule has 0 aliphatic heterocycles. The van der Waals surface area contributed by atoms with Gasteiger partial charge in [0.1, 0.15) is 5.15 Å². The van der Waals surface area contributed by atoms with Crippen molar-refractivity contribution in [3.8, 4) is 0 Å². The summed E-state index contributed by atoms with van der Waals surface area (Å²) in [4.78, 5) is 15.8. The minimum Gasteiger partial charge on any atom is -0.338 e. The summed E-state index contributed by atoms with van der Waals surface area (Å²) in [6.45, 7) is 2.12. The Morgan fingerprint density at radius 3 is 2.89 bits per heavy atom. The molecule has 2 heterocycles. The van der Waals surface area contributed by atoms with E-state index in [0.717, 1.165) is 18.5 Å². The number of carbonyl (C=O) groups excluding carboxylic acids is 1. The lowest BCUT2D eigenvalue weighted by Crippen LogP contribution is -2.11. The van der Waals surface area contributed by atoms with Gasteiger partial charge in [0.2, 0.25) is 5.88 Å². The predicted octanol–water partition coefficient (Wildman–Crippen LogP) is 3.03. The standard InChI is InChI=1S/C13H12ClN3O2/c1-13(4-5-13)9-6-11(19-17-9)16-12(18)8-2-3-10(14)15-7-8/h2-3,6-7H,4-5H2,1H3,(H,16,18). The zero-order valence-electron chi connectivity index (χ0n) is 10.3. The fraction of sp³-hybridized carbons (Fsp3) is 0.308. The van der Waals surface area contributed by atoms with Gasteiger partial charge in [-0.25, -0.2) is 4.98 Å². The first kappa shape index (κ1) is 12.2. The highest BCUT2D eigenvalue weighted by atomic mass is 35.5. The monoisotopic (exact) mass is 277 g/mol. The van der Waals surface area contributed by atoms with E-state index >= 15 is 0 Å². The third kappa shape index (κ3) is 2.46. The molecule has 6 heteroatoms. The fourth-order valence-corrected chi connectivity index (χ4v) is 1.87. The lowest BCUT2D eigenvalue weighted by atomic mass is 10.1. The number of amides is 1. The molecular weight excluding hydrogens is 266 g/mol. The largest absolute Gasteiger partial charge is 0.338 e. The van der Waals surface area contributed by atoms with Gasteiger partial charge in [0.15, 0.2) is 0 Å². The third-order valence-corrected chi connectivity index (χ3v) is 3.58. The first-order chi connectivity index (χ1) is 9.07. The van der Waals surface area contributed by atoms with Gasteiger partial charge in [0.05, 0.1) is 11.3 Å². The van der Waals surface area contributed by atoms with Crippen LogP contribution in [0.25, 0.3) is 0 Å². The van der Waals surface area contributed by atoms with Crippen LogP contribution in [-0.4, -0.2) is 16.0 Å². The van der Waals surface area contributed by atoms with Gasteiger partial charge in [-0.1, -0.05) is 23.7 Å². The number of anilines is 1. The second-order valence-electron chi connectivity index (χ2n) is 4.96. The fourth-order valence-electron chi connectivity index (χ4n) is 1.76. The average Bonchev–Trinajstić information content (AvgIpc) is 2.97. The van der Waals surface area contributed by atoms with Gasteiger partial charge < -0.3 is 4.52 Å². The van der Waals surface area contributed by atoms with Gasteiger partial charge in [-0.2, -0.15) is 0 Å². The molecule has 1 aliphatic rings. The molecule has 0 radical (unpaired) electrons. The van der Waals surface area contributed by atoms with Gasteiger partial charge in [0, 0.05) is 17.7 Å². The zero-order chi connectivity index (χ0) is 13.5. The lowest BCUT2D eigenvalue weighted by molar-refractivity contribution is 0.102. The Kier molecular flexibility index (Phi) is 2.78. The molecule has 0 atom stereocenters. The minimum absolute atomic E-state index is 0.119. The Balaban J connectivity index is 1.72. The maximum absolute atomic E-state index is 11.9. The van der Waals surface area contributed by atoms with Crippen LogP contribution in [-0.2, 0) is 5.41 Å². The van der Waals surface area contributed by atoms with Crippen molar-refractivity contribution < 1.29 is 9.32 Å². The Bertz CT molecular complexity index is 617. The van der Waals surface area contributed by atoms with Crippen LogP contribution >= 0.6 is 11.6 Å². The first-order valence-electron chi connectivity index (χ1n) is 5.97. The van der Waals surface area contributed by atoms with Crippen LogP contribution in [0.15, 0.2) is 28.9 Å². The summed E-state index contributed by atoms with van der Waals surface area (Å²) in [6.07, 6.45) is 3.62. The average molecular weight is 278 g/mol. The SMILES string of the molecule is CC1(c2cc(NC(=O)c3ccc(Cl)nc3)on2)CC1. The summed E-state index contributed by atoms with van der Waals surface area (Å²) in [5, 5.41) is 6.98. The van der Waals surface area contributed by atoms with Crippen LogP contribution in [0.1, 0.15) is 35.8 Å². The van der Waals surface area contributed by atoms with Gasteiger partial charge in [-0.15, -0.1) is 0 Å². The summed E-state index contributed by atoms with van der Waals surface area (Å²) in [5.41, 5.74) is 1.42. The van der Waals surface area contributed by atoms with Crippen molar-refractivity contribution in [1.82, 2.24) is 10.1 Å². The quantitative estimate of drug-likeness (QED) is 0.876. The Morgan fingerprint density at radius 1 is 1.47 bits per heavy atom. The highest BCUT2D eigenvalue weighted by molar-refractivity contribution is 6.29. The van der Waals surface area contributed by atoms with E-state index in [2.05, 4.69) is 22.4 Å². The zero-order valence-corrected chi connectivity index (χ0v) is 11.1. The second kappa shape index (κ2) is 4.35. The molecule has 1 aliphatic carbocycles. The molecule has 2 aromatic rings. The number of halogens is 1. The van der Waals surface area contributed by atoms with Gasteiger partial charge >= 0.3 is 0 Å². The van der Waals surface area contributed by atoms with E-state index in [1.165, 1.54) is 6.20 Å². The van der Waals surface area contributed by atoms with Crippen molar-refractivity contribution in [3.05, 3.63) is 40.8 Å². The van der Waals surface area contributed by atoms with Crippen LogP contribution in [0, 0.1) is 0 Å². The molecule has 0 unspecified atom stereocenters. The molecule has 1 N–H and O–H groups in total. The molecule has 98 valence electrons. The van der Waals surface area contributed by atoms with E-state index in [-0.39, 0.29) is 11.3 Å². The Morgan fingerprint density at radius 2 is 2.26 bits per heavy atom. The molecule has 0 saturated heterocycles. The molecule has 1 amide bonds. The van der Waals surface area contributed by atoms with E-state index in [1.807, 2.05) is 0 Å². The second-order valence-corrected chi connectivity index (χ2v) is 5.35. The minimum atomic E-state index is -0.298. The number of pyridine rings is 1. The predicted molar refractivity (Wildman–Crippen MR) is 70.3 cm³/mol. The van der Waals surface area contributed by atoms with Crippen molar-refractivity contribution in [2.75, 3.05) is 5.32 Å². The van der Waals surface area contributed by atoms with Crippen LogP contribution in [0.3, 0.4) is 0 Å². The summed E-state index contributed by atoms with van der Waals surface area (Å²) in [5.74, 6) is 0.0518. The molecule has 1 saturated carbocycles. The molecule has 19 heavy (non-hydrogen) atoms. The van der Waals surface area contributed by atoms with Crippen LogP contribution < -0.4 is 5.32 Å². The lowest BCUT2D eigenvalue weighted by Gasteiger charge is -2.00. The smallest absolute Gasteiger partial charge is 0.259 e. The van der Waals surface area contributed by atoms with E-state index in [9.17, 15) is 4.79 Å². The van der Waals surface area contributed by atoms with Crippen molar-refractivity contribution >= 4 is 23.4 Å².